The molecule has 1 atom stereocenters. The van der Waals surface area contributed by atoms with Gasteiger partial charge in [-0.05, 0) is 31.9 Å². The topological polar surface area (TPSA) is 30.5 Å². The van der Waals surface area contributed by atoms with E-state index >= 15 is 0 Å². The third-order valence-corrected chi connectivity index (χ3v) is 2.97. The molecule has 1 aromatic carbocycles. The van der Waals surface area contributed by atoms with Gasteiger partial charge in [-0.2, -0.15) is 0 Å². The van der Waals surface area contributed by atoms with Crippen molar-refractivity contribution in [2.75, 3.05) is 19.8 Å². The molecule has 1 aromatic rings. The molecule has 0 aromatic heterocycles. The van der Waals surface area contributed by atoms with E-state index in [1.165, 1.54) is 0 Å². The fourth-order valence-corrected chi connectivity index (χ4v) is 1.53. The molecule has 0 aliphatic heterocycles. The zero-order valence-corrected chi connectivity index (χ0v) is 11.9. The van der Waals surface area contributed by atoms with Crippen molar-refractivity contribution in [1.82, 2.24) is 5.32 Å². The molecule has 1 N–H and O–H groups in total. The minimum absolute atomic E-state index is 0.510. The van der Waals surface area contributed by atoms with E-state index in [4.69, 9.17) is 9.47 Å². The summed E-state index contributed by atoms with van der Waals surface area (Å²) in [4.78, 5) is 0. The predicted octanol–water partition coefficient (Wildman–Crippen LogP) is 3.10. The molecule has 0 saturated carbocycles. The molecule has 0 bridgehead atoms. The zero-order valence-electron chi connectivity index (χ0n) is 11.9. The van der Waals surface area contributed by atoms with Crippen LogP contribution in [0.15, 0.2) is 24.3 Å². The summed E-state index contributed by atoms with van der Waals surface area (Å²) < 4.78 is 11.2. The highest BCUT2D eigenvalue weighted by atomic mass is 16.5. The lowest BCUT2D eigenvalue weighted by atomic mass is 10.1. The summed E-state index contributed by atoms with van der Waals surface area (Å²) in [7, 11) is 0. The van der Waals surface area contributed by atoms with Crippen LogP contribution in [-0.2, 0) is 0 Å². The van der Waals surface area contributed by atoms with E-state index in [1.54, 1.807) is 0 Å². The Balaban J connectivity index is 2.35. The van der Waals surface area contributed by atoms with Crippen LogP contribution in [0.25, 0.3) is 0 Å². The number of hydrogen-bond acceptors (Lipinski definition) is 3. The molecule has 0 fully saturated rings. The van der Waals surface area contributed by atoms with Crippen LogP contribution in [0, 0.1) is 5.92 Å². The van der Waals surface area contributed by atoms with E-state index in [9.17, 15) is 0 Å². The maximum atomic E-state index is 5.73. The standard InChI is InChI=1S/C15H25NO2/c1-5-17-14-8-6-7-9-15(14)18-11-10-16-13(4)12(2)3/h6-9,12-13,16H,5,10-11H2,1-4H3. The number of rotatable bonds is 8. The van der Waals surface area contributed by atoms with Gasteiger partial charge in [0.2, 0.25) is 0 Å². The molecule has 0 saturated heterocycles. The van der Waals surface area contributed by atoms with E-state index in [0.29, 0.717) is 25.2 Å². The Kier molecular flexibility index (Phi) is 6.58. The molecular formula is C15H25NO2. The Labute approximate surface area is 110 Å². The molecule has 18 heavy (non-hydrogen) atoms. The van der Waals surface area contributed by atoms with Crippen LogP contribution in [0.2, 0.25) is 0 Å². The van der Waals surface area contributed by atoms with Crippen molar-refractivity contribution in [1.29, 1.82) is 0 Å². The van der Waals surface area contributed by atoms with Crippen LogP contribution in [0.4, 0.5) is 0 Å². The molecule has 0 amide bonds. The molecule has 0 radical (unpaired) electrons. The predicted molar refractivity (Wildman–Crippen MR) is 75.4 cm³/mol. The second-order valence-electron chi connectivity index (χ2n) is 4.72. The van der Waals surface area contributed by atoms with E-state index in [1.807, 2.05) is 31.2 Å². The molecular weight excluding hydrogens is 226 g/mol. The third-order valence-electron chi connectivity index (χ3n) is 2.97. The first-order valence-electron chi connectivity index (χ1n) is 6.73. The number of benzene rings is 1. The summed E-state index contributed by atoms with van der Waals surface area (Å²) in [6, 6.07) is 8.30. The summed E-state index contributed by atoms with van der Waals surface area (Å²) in [6.07, 6.45) is 0. The highest BCUT2D eigenvalue weighted by Crippen LogP contribution is 2.25. The van der Waals surface area contributed by atoms with Gasteiger partial charge in [-0.3, -0.25) is 0 Å². The average Bonchev–Trinajstić information content (AvgIpc) is 2.36. The summed E-state index contributed by atoms with van der Waals surface area (Å²) in [5, 5.41) is 3.44. The van der Waals surface area contributed by atoms with Crippen molar-refractivity contribution in [2.24, 2.45) is 5.92 Å². The van der Waals surface area contributed by atoms with Crippen molar-refractivity contribution in [3.8, 4) is 11.5 Å². The van der Waals surface area contributed by atoms with Crippen LogP contribution in [-0.4, -0.2) is 25.8 Å². The van der Waals surface area contributed by atoms with Gasteiger partial charge in [0.25, 0.3) is 0 Å². The van der Waals surface area contributed by atoms with Gasteiger partial charge in [-0.25, -0.2) is 0 Å². The van der Waals surface area contributed by atoms with Crippen molar-refractivity contribution >= 4 is 0 Å². The summed E-state index contributed by atoms with van der Waals surface area (Å²) in [6.45, 7) is 10.7. The molecule has 0 heterocycles. The van der Waals surface area contributed by atoms with Crippen molar-refractivity contribution < 1.29 is 9.47 Å². The van der Waals surface area contributed by atoms with Crippen molar-refractivity contribution in [3.05, 3.63) is 24.3 Å². The van der Waals surface area contributed by atoms with Crippen molar-refractivity contribution in [2.45, 2.75) is 33.7 Å². The number of nitrogens with one attached hydrogen (secondary N) is 1. The summed E-state index contributed by atoms with van der Waals surface area (Å²) in [5.74, 6) is 2.27. The van der Waals surface area contributed by atoms with E-state index in [2.05, 4.69) is 26.1 Å². The number of ether oxygens (including phenoxy) is 2. The first-order valence-corrected chi connectivity index (χ1v) is 6.73. The SMILES string of the molecule is CCOc1ccccc1OCCNC(C)C(C)C. The molecule has 0 aliphatic carbocycles. The Morgan fingerprint density at radius 2 is 1.67 bits per heavy atom. The second kappa shape index (κ2) is 7.98. The van der Waals surface area contributed by atoms with Crippen LogP contribution < -0.4 is 14.8 Å². The average molecular weight is 251 g/mol. The number of hydrogen-bond donors (Lipinski definition) is 1. The fraction of sp³-hybridized carbons (Fsp3) is 0.600. The van der Waals surface area contributed by atoms with Crippen LogP contribution in [0.3, 0.4) is 0 Å². The second-order valence-corrected chi connectivity index (χ2v) is 4.72. The summed E-state index contributed by atoms with van der Waals surface area (Å²) in [5.41, 5.74) is 0. The smallest absolute Gasteiger partial charge is 0.161 e. The molecule has 102 valence electrons. The lowest BCUT2D eigenvalue weighted by Gasteiger charge is -2.18. The lowest BCUT2D eigenvalue weighted by molar-refractivity contribution is 0.268. The summed E-state index contributed by atoms with van der Waals surface area (Å²) >= 11 is 0. The zero-order chi connectivity index (χ0) is 13.4. The monoisotopic (exact) mass is 251 g/mol. The van der Waals surface area contributed by atoms with Gasteiger partial charge in [0.15, 0.2) is 11.5 Å². The van der Waals surface area contributed by atoms with Gasteiger partial charge in [0, 0.05) is 12.6 Å². The van der Waals surface area contributed by atoms with Gasteiger partial charge in [0.05, 0.1) is 6.61 Å². The minimum Gasteiger partial charge on any atom is -0.490 e. The lowest BCUT2D eigenvalue weighted by Crippen LogP contribution is -2.33. The quantitative estimate of drug-likeness (QED) is 0.720. The third kappa shape index (κ3) is 4.96. The van der Waals surface area contributed by atoms with E-state index in [0.717, 1.165) is 18.0 Å². The van der Waals surface area contributed by atoms with Gasteiger partial charge < -0.3 is 14.8 Å². The molecule has 1 rings (SSSR count). The van der Waals surface area contributed by atoms with E-state index < -0.39 is 0 Å². The highest BCUT2D eigenvalue weighted by molar-refractivity contribution is 5.39. The minimum atomic E-state index is 0.510. The Morgan fingerprint density at radius 1 is 1.06 bits per heavy atom. The first kappa shape index (κ1) is 14.8. The Hall–Kier alpha value is -1.22. The molecule has 0 aliphatic rings. The van der Waals surface area contributed by atoms with Gasteiger partial charge in [-0.1, -0.05) is 26.0 Å². The Morgan fingerprint density at radius 3 is 2.22 bits per heavy atom. The molecule has 0 spiro atoms. The maximum absolute atomic E-state index is 5.73. The van der Waals surface area contributed by atoms with Crippen LogP contribution in [0.5, 0.6) is 11.5 Å². The van der Waals surface area contributed by atoms with Crippen LogP contribution in [0.1, 0.15) is 27.7 Å². The van der Waals surface area contributed by atoms with Gasteiger partial charge in [-0.15, -0.1) is 0 Å². The molecule has 1 unspecified atom stereocenters. The maximum Gasteiger partial charge on any atom is 0.161 e. The number of para-hydroxylation sites is 2. The van der Waals surface area contributed by atoms with Crippen LogP contribution >= 0.6 is 0 Å². The largest absolute Gasteiger partial charge is 0.490 e. The van der Waals surface area contributed by atoms with E-state index in [-0.39, 0.29) is 0 Å². The highest BCUT2D eigenvalue weighted by Gasteiger charge is 2.06. The molecule has 3 nitrogen and oxygen atoms in total. The van der Waals surface area contributed by atoms with Gasteiger partial charge >= 0.3 is 0 Å². The van der Waals surface area contributed by atoms with Gasteiger partial charge in [0.1, 0.15) is 6.61 Å². The fourth-order valence-electron chi connectivity index (χ4n) is 1.53. The normalized spacial score (nSPS) is 12.5. The Bertz CT molecular complexity index is 339. The molecule has 3 heteroatoms. The van der Waals surface area contributed by atoms with Crippen molar-refractivity contribution in [3.63, 3.8) is 0 Å². The first-order chi connectivity index (χ1) is 8.65.